The molecular weight excluding hydrogens is 265 g/mol. The van der Waals surface area contributed by atoms with Gasteiger partial charge in [0.05, 0.1) is 12.6 Å². The molecule has 108 valence electrons. The molecule has 1 N–H and O–H groups in total. The number of nitrogens with zero attached hydrogens (tertiary/aromatic N) is 1. The van der Waals surface area contributed by atoms with Gasteiger partial charge in [0.1, 0.15) is 5.83 Å². The van der Waals surface area contributed by atoms with E-state index in [4.69, 9.17) is 5.11 Å². The maximum Gasteiger partial charge on any atom is 0.127 e. The molecule has 1 heterocycles. The molecule has 1 aliphatic rings. The fourth-order valence-corrected chi connectivity index (χ4v) is 2.79. The number of aliphatic hydroxyl groups is 1. The summed E-state index contributed by atoms with van der Waals surface area (Å²) in [5.41, 5.74) is 3.11. The number of halogens is 1. The van der Waals surface area contributed by atoms with Crippen molar-refractivity contribution in [3.8, 4) is 0 Å². The standard InChI is InChI=1S/C18H18FNO/c19-17(13-21)16-11-20(12-16)18(14-7-3-1-4-8-14)15-9-5-2-6-10-15/h1-10,18,21H,11-13H2. The summed E-state index contributed by atoms with van der Waals surface area (Å²) in [6.45, 7) is 0.645. The van der Waals surface area contributed by atoms with E-state index in [0.717, 1.165) is 0 Å². The lowest BCUT2D eigenvalue weighted by atomic mass is 9.92. The van der Waals surface area contributed by atoms with Crippen molar-refractivity contribution in [2.45, 2.75) is 6.04 Å². The molecule has 2 aromatic carbocycles. The van der Waals surface area contributed by atoms with Gasteiger partial charge in [0.2, 0.25) is 0 Å². The number of hydrogen-bond donors (Lipinski definition) is 1. The Morgan fingerprint density at radius 1 is 0.952 bits per heavy atom. The van der Waals surface area contributed by atoms with E-state index in [1.165, 1.54) is 11.1 Å². The van der Waals surface area contributed by atoms with Crippen molar-refractivity contribution in [2.24, 2.45) is 0 Å². The Hall–Kier alpha value is -1.97. The van der Waals surface area contributed by atoms with Crippen molar-refractivity contribution in [2.75, 3.05) is 19.7 Å². The molecule has 1 fully saturated rings. The Bertz CT molecular complexity index is 577. The van der Waals surface area contributed by atoms with E-state index in [0.29, 0.717) is 18.7 Å². The quantitative estimate of drug-likeness (QED) is 0.930. The maximum atomic E-state index is 13.4. The Labute approximate surface area is 124 Å². The minimum absolute atomic E-state index is 0.127. The first-order valence-electron chi connectivity index (χ1n) is 7.11. The predicted octanol–water partition coefficient (Wildman–Crippen LogP) is 3.31. The molecule has 0 amide bonds. The summed E-state index contributed by atoms with van der Waals surface area (Å²) in [4.78, 5) is 2.22. The molecule has 0 spiro atoms. The molecule has 0 atom stereocenters. The van der Waals surface area contributed by atoms with Crippen LogP contribution in [0, 0.1) is 0 Å². The van der Waals surface area contributed by atoms with E-state index in [-0.39, 0.29) is 11.9 Å². The van der Waals surface area contributed by atoms with Gasteiger partial charge in [-0.05, 0) is 16.7 Å². The van der Waals surface area contributed by atoms with Gasteiger partial charge >= 0.3 is 0 Å². The average Bonchev–Trinajstić information content (AvgIpc) is 2.51. The molecule has 0 radical (unpaired) electrons. The molecule has 2 aromatic rings. The first kappa shape index (κ1) is 14.0. The number of hydrogen-bond acceptors (Lipinski definition) is 2. The van der Waals surface area contributed by atoms with E-state index in [9.17, 15) is 4.39 Å². The van der Waals surface area contributed by atoms with Crippen molar-refractivity contribution >= 4 is 0 Å². The molecule has 0 bridgehead atoms. The lowest BCUT2D eigenvalue weighted by Crippen LogP contribution is -2.43. The van der Waals surface area contributed by atoms with Gasteiger partial charge in [0.25, 0.3) is 0 Å². The fraction of sp³-hybridized carbons (Fsp3) is 0.222. The third-order valence-electron chi connectivity index (χ3n) is 3.91. The summed E-state index contributed by atoms with van der Waals surface area (Å²) in [5, 5.41) is 8.88. The lowest BCUT2D eigenvalue weighted by Gasteiger charge is -2.41. The largest absolute Gasteiger partial charge is 0.389 e. The molecule has 1 aliphatic heterocycles. The topological polar surface area (TPSA) is 23.5 Å². The minimum Gasteiger partial charge on any atom is -0.389 e. The number of rotatable bonds is 4. The summed E-state index contributed by atoms with van der Waals surface area (Å²) in [6, 6.07) is 20.6. The van der Waals surface area contributed by atoms with Crippen molar-refractivity contribution in [3.05, 3.63) is 83.2 Å². The van der Waals surface area contributed by atoms with Crippen molar-refractivity contribution in [1.29, 1.82) is 0 Å². The summed E-state index contributed by atoms with van der Waals surface area (Å²) >= 11 is 0. The molecule has 1 saturated heterocycles. The second-order valence-corrected chi connectivity index (χ2v) is 5.30. The van der Waals surface area contributed by atoms with Crippen molar-refractivity contribution in [3.63, 3.8) is 0 Å². The van der Waals surface area contributed by atoms with Crippen LogP contribution in [0.25, 0.3) is 0 Å². The monoisotopic (exact) mass is 283 g/mol. The zero-order chi connectivity index (χ0) is 14.7. The van der Waals surface area contributed by atoms with Crippen LogP contribution in [0.5, 0.6) is 0 Å². The molecule has 0 aromatic heterocycles. The highest BCUT2D eigenvalue weighted by Crippen LogP contribution is 2.34. The van der Waals surface area contributed by atoms with Gasteiger partial charge in [-0.2, -0.15) is 0 Å². The Balaban J connectivity index is 1.89. The predicted molar refractivity (Wildman–Crippen MR) is 81.5 cm³/mol. The lowest BCUT2D eigenvalue weighted by molar-refractivity contribution is 0.188. The molecule has 0 unspecified atom stereocenters. The van der Waals surface area contributed by atoms with Crippen LogP contribution in [-0.2, 0) is 0 Å². The Morgan fingerprint density at radius 2 is 1.43 bits per heavy atom. The van der Waals surface area contributed by atoms with Gasteiger partial charge in [-0.25, -0.2) is 4.39 Å². The van der Waals surface area contributed by atoms with Crippen LogP contribution < -0.4 is 0 Å². The normalized spacial score (nSPS) is 15.1. The highest BCUT2D eigenvalue weighted by Gasteiger charge is 2.31. The Kier molecular flexibility index (Phi) is 4.13. The fourth-order valence-electron chi connectivity index (χ4n) is 2.79. The average molecular weight is 283 g/mol. The number of aliphatic hydroxyl groups excluding tert-OH is 1. The minimum atomic E-state index is -0.496. The smallest absolute Gasteiger partial charge is 0.127 e. The van der Waals surface area contributed by atoms with Crippen LogP contribution in [0.2, 0.25) is 0 Å². The molecule has 21 heavy (non-hydrogen) atoms. The van der Waals surface area contributed by atoms with Crippen LogP contribution in [0.4, 0.5) is 4.39 Å². The SMILES string of the molecule is OCC(F)=C1CN(C(c2ccccc2)c2ccccc2)C1. The van der Waals surface area contributed by atoms with Crippen molar-refractivity contribution < 1.29 is 9.50 Å². The highest BCUT2D eigenvalue weighted by atomic mass is 19.1. The summed E-state index contributed by atoms with van der Waals surface area (Å²) in [7, 11) is 0. The molecule has 3 heteroatoms. The summed E-state index contributed by atoms with van der Waals surface area (Å²) in [6.07, 6.45) is 0. The van der Waals surface area contributed by atoms with Gasteiger partial charge < -0.3 is 5.11 Å². The zero-order valence-corrected chi connectivity index (χ0v) is 11.7. The number of likely N-dealkylation sites (tertiary alicyclic amines) is 1. The third kappa shape index (κ3) is 2.89. The molecule has 2 nitrogen and oxygen atoms in total. The van der Waals surface area contributed by atoms with Gasteiger partial charge in [-0.1, -0.05) is 60.7 Å². The highest BCUT2D eigenvalue weighted by molar-refractivity contribution is 5.35. The van der Waals surface area contributed by atoms with Crippen molar-refractivity contribution in [1.82, 2.24) is 4.90 Å². The third-order valence-corrected chi connectivity index (χ3v) is 3.91. The second kappa shape index (κ2) is 6.20. The number of benzene rings is 2. The van der Waals surface area contributed by atoms with Gasteiger partial charge in [-0.3, -0.25) is 4.90 Å². The molecule has 0 aliphatic carbocycles. The van der Waals surface area contributed by atoms with Gasteiger partial charge in [0, 0.05) is 13.1 Å². The van der Waals surface area contributed by atoms with E-state index in [1.54, 1.807) is 0 Å². The summed E-state index contributed by atoms with van der Waals surface area (Å²) in [5.74, 6) is -0.383. The first-order chi connectivity index (χ1) is 10.3. The van der Waals surface area contributed by atoms with Gasteiger partial charge in [-0.15, -0.1) is 0 Å². The molecule has 0 saturated carbocycles. The van der Waals surface area contributed by atoms with E-state index >= 15 is 0 Å². The van der Waals surface area contributed by atoms with Crippen LogP contribution in [0.15, 0.2) is 72.1 Å². The molecular formula is C18H18FNO. The van der Waals surface area contributed by atoms with E-state index < -0.39 is 6.61 Å². The van der Waals surface area contributed by atoms with E-state index in [2.05, 4.69) is 29.2 Å². The van der Waals surface area contributed by atoms with Crippen LogP contribution >= 0.6 is 0 Å². The van der Waals surface area contributed by atoms with Crippen LogP contribution in [0.3, 0.4) is 0 Å². The second-order valence-electron chi connectivity index (χ2n) is 5.30. The Morgan fingerprint density at radius 3 is 1.86 bits per heavy atom. The first-order valence-corrected chi connectivity index (χ1v) is 7.11. The van der Waals surface area contributed by atoms with Gasteiger partial charge in [0.15, 0.2) is 0 Å². The van der Waals surface area contributed by atoms with Crippen LogP contribution in [0.1, 0.15) is 17.2 Å². The van der Waals surface area contributed by atoms with Crippen LogP contribution in [-0.4, -0.2) is 29.7 Å². The zero-order valence-electron chi connectivity index (χ0n) is 11.7. The van der Waals surface area contributed by atoms with E-state index in [1.807, 2.05) is 36.4 Å². The molecule has 3 rings (SSSR count). The summed E-state index contributed by atoms with van der Waals surface area (Å²) < 4.78 is 13.4. The maximum absolute atomic E-state index is 13.4.